The molecule has 0 radical (unpaired) electrons. The number of carboxylic acids is 1. The third kappa shape index (κ3) is 3.41. The van der Waals surface area contributed by atoms with Crippen LogP contribution in [0, 0.1) is 0 Å². The second-order valence-corrected chi connectivity index (χ2v) is 3.89. The van der Waals surface area contributed by atoms with E-state index in [1.54, 1.807) is 18.7 Å². The van der Waals surface area contributed by atoms with E-state index in [9.17, 15) is 13.2 Å². The van der Waals surface area contributed by atoms with Crippen LogP contribution in [0.3, 0.4) is 0 Å². The summed E-state index contributed by atoms with van der Waals surface area (Å²) in [4.78, 5) is 13.1. The Morgan fingerprint density at radius 1 is 1.29 bits per heavy atom. The van der Waals surface area contributed by atoms with Crippen molar-refractivity contribution in [2.75, 3.05) is 0 Å². The Balaban J connectivity index is 0.000000199. The third-order valence-electron chi connectivity index (χ3n) is 2.51. The number of fused-ring (bicyclic) bond motifs is 3. The molecule has 0 amide bonds. The normalized spacial score (nSPS) is 14.0. The lowest BCUT2D eigenvalue weighted by Crippen LogP contribution is -2.26. The Hall–Kier alpha value is -2.77. The molecular weight excluding hydrogens is 289 g/mol. The van der Waals surface area contributed by atoms with Crippen LogP contribution in [0.5, 0.6) is 5.75 Å². The predicted molar refractivity (Wildman–Crippen MR) is 69.4 cm³/mol. The summed E-state index contributed by atoms with van der Waals surface area (Å²) in [7, 11) is 0. The fourth-order valence-electron chi connectivity index (χ4n) is 1.61. The highest BCUT2D eigenvalue weighted by molar-refractivity contribution is 5.97. The van der Waals surface area contributed by atoms with Gasteiger partial charge in [0.15, 0.2) is 0 Å². The van der Waals surface area contributed by atoms with Crippen LogP contribution < -0.4 is 20.5 Å². The van der Waals surface area contributed by atoms with E-state index in [2.05, 4.69) is 10.3 Å². The molecule has 0 fully saturated rings. The van der Waals surface area contributed by atoms with Gasteiger partial charge in [-0.2, -0.15) is 13.2 Å². The van der Waals surface area contributed by atoms with E-state index >= 15 is 0 Å². The zero-order valence-electron chi connectivity index (χ0n) is 10.4. The Kier molecular flexibility index (Phi) is 3.97. The van der Waals surface area contributed by atoms with Crippen LogP contribution in [0.4, 0.5) is 18.9 Å². The number of carbonyl (C=O) groups is 1. The molecule has 1 aromatic carbocycles. The first-order chi connectivity index (χ1) is 9.89. The summed E-state index contributed by atoms with van der Waals surface area (Å²) in [5.74, 6) is -1.90. The van der Waals surface area contributed by atoms with Gasteiger partial charge in [-0.05, 0) is 18.2 Å². The highest BCUT2D eigenvalue weighted by atomic mass is 19.4. The number of alkyl halides is 3. The molecule has 5 nitrogen and oxygen atoms in total. The number of ether oxygens (including phenoxy) is 1. The lowest BCUT2D eigenvalue weighted by atomic mass is 10.2. The summed E-state index contributed by atoms with van der Waals surface area (Å²) < 4.78 is 37.2. The van der Waals surface area contributed by atoms with Gasteiger partial charge in [0.25, 0.3) is 0 Å². The monoisotopic (exact) mass is 298 g/mol. The van der Waals surface area contributed by atoms with Crippen molar-refractivity contribution in [3.05, 3.63) is 35.0 Å². The summed E-state index contributed by atoms with van der Waals surface area (Å²) in [5.41, 5.74) is 0.993. The molecule has 1 aromatic rings. The highest BCUT2D eigenvalue weighted by Gasteiger charge is 2.38. The molecule has 0 spiro atoms. The Morgan fingerprint density at radius 2 is 2.00 bits per heavy atom. The number of carboxylic acid groups (broad SMARTS) is 1. The van der Waals surface area contributed by atoms with Gasteiger partial charge in [-0.25, -0.2) is 4.79 Å². The molecule has 0 unspecified atom stereocenters. The topological polar surface area (TPSA) is 70.9 Å². The molecule has 0 saturated heterocycles. The first kappa shape index (κ1) is 14.6. The number of benzene rings is 1. The maximum absolute atomic E-state index is 10.6. The van der Waals surface area contributed by atoms with E-state index in [4.69, 9.17) is 14.6 Å². The minimum absolute atomic E-state index is 0.853. The smallest absolute Gasteiger partial charge is 0.475 e. The van der Waals surface area contributed by atoms with Crippen molar-refractivity contribution >= 4 is 30.1 Å². The molecule has 3 rings (SSSR count). The fraction of sp³-hybridized carbons (Fsp3) is 0.0769. The van der Waals surface area contributed by atoms with E-state index in [1.807, 2.05) is 24.4 Å². The number of nitrogens with one attached hydrogen (secondary N) is 1. The molecule has 0 aromatic heterocycles. The van der Waals surface area contributed by atoms with Gasteiger partial charge in [0.05, 0.1) is 5.69 Å². The molecule has 8 heteroatoms. The van der Waals surface area contributed by atoms with Crippen molar-refractivity contribution in [3.8, 4) is 5.75 Å². The zero-order chi connectivity index (χ0) is 15.5. The number of nitrogens with zero attached hydrogens (tertiary/aromatic N) is 1. The second kappa shape index (κ2) is 5.70. The van der Waals surface area contributed by atoms with Crippen molar-refractivity contribution in [2.45, 2.75) is 6.18 Å². The van der Waals surface area contributed by atoms with Crippen molar-refractivity contribution < 1.29 is 27.8 Å². The first-order valence-corrected chi connectivity index (χ1v) is 5.65. The van der Waals surface area contributed by atoms with Crippen LogP contribution in [0.25, 0.3) is 12.3 Å². The Bertz CT molecular complexity index is 736. The van der Waals surface area contributed by atoms with E-state index in [-0.39, 0.29) is 0 Å². The van der Waals surface area contributed by atoms with E-state index < -0.39 is 12.1 Å². The van der Waals surface area contributed by atoms with E-state index in [1.165, 1.54) is 0 Å². The van der Waals surface area contributed by atoms with Crippen molar-refractivity contribution in [2.24, 2.45) is 4.99 Å². The molecular formula is C13H9F3N2O3. The zero-order valence-corrected chi connectivity index (χ0v) is 10.4. The summed E-state index contributed by atoms with van der Waals surface area (Å²) in [5, 5.41) is 12.3. The van der Waals surface area contributed by atoms with Crippen molar-refractivity contribution in [3.63, 3.8) is 0 Å². The summed E-state index contributed by atoms with van der Waals surface area (Å²) >= 11 is 0. The molecule has 21 heavy (non-hydrogen) atoms. The van der Waals surface area contributed by atoms with E-state index in [0.29, 0.717) is 0 Å². The summed E-state index contributed by atoms with van der Waals surface area (Å²) in [6, 6.07) is 3.89. The number of aliphatic carboxylic acids is 1. The minimum Gasteiger partial charge on any atom is -0.475 e. The summed E-state index contributed by atoms with van der Waals surface area (Å²) in [6.07, 6.45) is 4.01. The van der Waals surface area contributed by atoms with Crippen LogP contribution in [-0.2, 0) is 4.79 Å². The standard InChI is InChI=1S/C11H8N2O.C2HF3O2/c1-2-11-9(7-12-5-6-14-11)8-3-4-13-10(1)8;3-2(4,5)1(6)7/h1-7,12H;(H,6,7). The second-order valence-electron chi connectivity index (χ2n) is 3.89. The lowest BCUT2D eigenvalue weighted by molar-refractivity contribution is -0.192. The van der Waals surface area contributed by atoms with Crippen molar-refractivity contribution in [1.29, 1.82) is 0 Å². The molecule has 0 aliphatic carbocycles. The third-order valence-corrected chi connectivity index (χ3v) is 2.51. The van der Waals surface area contributed by atoms with Gasteiger partial charge in [-0.1, -0.05) is 0 Å². The average Bonchev–Trinajstić information content (AvgIpc) is 2.76. The molecule has 0 bridgehead atoms. The van der Waals surface area contributed by atoms with Gasteiger partial charge in [0.1, 0.15) is 12.0 Å². The largest absolute Gasteiger partial charge is 0.490 e. The predicted octanol–water partition coefficient (Wildman–Crippen LogP) is 1.01. The number of rotatable bonds is 0. The van der Waals surface area contributed by atoms with Gasteiger partial charge in [0, 0.05) is 29.1 Å². The van der Waals surface area contributed by atoms with Crippen LogP contribution >= 0.6 is 0 Å². The molecule has 2 N–H and O–H groups in total. The molecule has 2 heterocycles. The number of hydrogen-bond donors (Lipinski definition) is 2. The van der Waals surface area contributed by atoms with Crippen LogP contribution in [0.2, 0.25) is 0 Å². The molecule has 110 valence electrons. The Morgan fingerprint density at radius 3 is 2.67 bits per heavy atom. The average molecular weight is 298 g/mol. The number of halogens is 3. The summed E-state index contributed by atoms with van der Waals surface area (Å²) in [6.45, 7) is 0. The van der Waals surface area contributed by atoms with Crippen LogP contribution in [0.1, 0.15) is 0 Å². The lowest BCUT2D eigenvalue weighted by Gasteiger charge is -2.00. The molecule has 0 atom stereocenters. The van der Waals surface area contributed by atoms with Crippen LogP contribution in [-0.4, -0.2) is 23.5 Å². The molecule has 2 aliphatic heterocycles. The van der Waals surface area contributed by atoms with Gasteiger partial charge in [0.2, 0.25) is 0 Å². The van der Waals surface area contributed by atoms with Crippen LogP contribution in [0.15, 0.2) is 29.6 Å². The maximum atomic E-state index is 10.6. The van der Waals surface area contributed by atoms with Gasteiger partial charge < -0.3 is 15.2 Å². The fourth-order valence-corrected chi connectivity index (χ4v) is 1.61. The minimum atomic E-state index is -5.08. The number of aliphatic imine (C=N–C) groups is 1. The van der Waals surface area contributed by atoms with E-state index in [0.717, 1.165) is 21.9 Å². The molecule has 2 aliphatic rings. The van der Waals surface area contributed by atoms with Gasteiger partial charge in [-0.3, -0.25) is 4.99 Å². The highest BCUT2D eigenvalue weighted by Crippen LogP contribution is 2.13. The quantitative estimate of drug-likeness (QED) is 0.750. The van der Waals surface area contributed by atoms with Gasteiger partial charge in [-0.15, -0.1) is 0 Å². The SMILES string of the molecule is C1=COc2ccc3c(c2=CN1)=CC=N3.O=C(O)C(F)(F)F. The maximum Gasteiger partial charge on any atom is 0.490 e. The Labute approximate surface area is 116 Å². The number of hydrogen-bond acceptors (Lipinski definition) is 4. The van der Waals surface area contributed by atoms with Gasteiger partial charge >= 0.3 is 12.1 Å². The first-order valence-electron chi connectivity index (χ1n) is 5.65. The van der Waals surface area contributed by atoms with Crippen molar-refractivity contribution in [1.82, 2.24) is 5.32 Å². The molecule has 0 saturated carbocycles.